The summed E-state index contributed by atoms with van der Waals surface area (Å²) >= 11 is 5.68. The monoisotopic (exact) mass is 243 g/mol. The van der Waals surface area contributed by atoms with Crippen LogP contribution in [0.15, 0.2) is 18.2 Å². The van der Waals surface area contributed by atoms with Crippen molar-refractivity contribution in [2.24, 2.45) is 0 Å². The van der Waals surface area contributed by atoms with Crippen LogP contribution in [0.4, 0.5) is 5.69 Å². The van der Waals surface area contributed by atoms with Crippen molar-refractivity contribution in [1.82, 2.24) is 0 Å². The third-order valence-corrected chi connectivity index (χ3v) is 2.14. The van der Waals surface area contributed by atoms with Crippen molar-refractivity contribution in [3.05, 3.63) is 33.3 Å². The minimum Gasteiger partial charge on any atom is -0.479 e. The summed E-state index contributed by atoms with van der Waals surface area (Å²) in [5, 5.41) is 11.0. The first-order chi connectivity index (χ1) is 7.54. The molecule has 0 saturated carbocycles. The number of carbonyl (C=O) groups excluding carboxylic acids is 1. The van der Waals surface area contributed by atoms with Crippen molar-refractivity contribution in [2.45, 2.75) is 13.3 Å². The van der Waals surface area contributed by atoms with Gasteiger partial charge in [0.05, 0.1) is 4.92 Å². The molecule has 5 nitrogen and oxygen atoms in total. The minimum absolute atomic E-state index is 0.0132. The molecule has 0 atom stereocenters. The van der Waals surface area contributed by atoms with E-state index >= 15 is 0 Å². The third-order valence-electron chi connectivity index (χ3n) is 1.90. The molecule has 0 unspecified atom stereocenters. The Labute approximate surface area is 97.1 Å². The standard InChI is InChI=1S/C10H10ClNO4/c1-2-8(13)6-16-10-5-7(11)3-4-9(10)12(14)15/h3-5H,2,6H2,1H3. The Bertz CT molecular complexity index is 419. The molecular weight excluding hydrogens is 234 g/mol. The molecule has 1 aromatic carbocycles. The summed E-state index contributed by atoms with van der Waals surface area (Å²) < 4.78 is 5.06. The number of hydrogen-bond acceptors (Lipinski definition) is 4. The van der Waals surface area contributed by atoms with E-state index in [4.69, 9.17) is 16.3 Å². The van der Waals surface area contributed by atoms with E-state index in [2.05, 4.69) is 0 Å². The first-order valence-electron chi connectivity index (χ1n) is 4.63. The number of hydrogen-bond donors (Lipinski definition) is 0. The molecule has 0 spiro atoms. The molecule has 0 bridgehead atoms. The van der Waals surface area contributed by atoms with Gasteiger partial charge < -0.3 is 4.74 Å². The van der Waals surface area contributed by atoms with Crippen molar-refractivity contribution >= 4 is 23.1 Å². The van der Waals surface area contributed by atoms with Gasteiger partial charge in [0.15, 0.2) is 11.5 Å². The maximum atomic E-state index is 11.0. The summed E-state index contributed by atoms with van der Waals surface area (Å²) in [5.74, 6) is -0.117. The highest BCUT2D eigenvalue weighted by atomic mass is 35.5. The molecule has 0 aromatic heterocycles. The smallest absolute Gasteiger partial charge is 0.311 e. The Morgan fingerprint density at radius 2 is 2.25 bits per heavy atom. The lowest BCUT2D eigenvalue weighted by Gasteiger charge is -2.05. The van der Waals surface area contributed by atoms with Gasteiger partial charge in [-0.05, 0) is 6.07 Å². The van der Waals surface area contributed by atoms with Crippen molar-refractivity contribution in [1.29, 1.82) is 0 Å². The van der Waals surface area contributed by atoms with Gasteiger partial charge in [0.1, 0.15) is 6.61 Å². The second kappa shape index (κ2) is 5.46. The number of ether oxygens (including phenoxy) is 1. The van der Waals surface area contributed by atoms with Crippen LogP contribution < -0.4 is 4.74 Å². The summed E-state index contributed by atoms with van der Waals surface area (Å²) in [6.07, 6.45) is 0.328. The second-order valence-corrected chi connectivity index (χ2v) is 3.49. The van der Waals surface area contributed by atoms with Gasteiger partial charge in [-0.15, -0.1) is 0 Å². The fraction of sp³-hybridized carbons (Fsp3) is 0.300. The zero-order valence-electron chi connectivity index (χ0n) is 8.60. The number of rotatable bonds is 5. The van der Waals surface area contributed by atoms with Crippen molar-refractivity contribution < 1.29 is 14.5 Å². The average molecular weight is 244 g/mol. The Kier molecular flexibility index (Phi) is 4.25. The quantitative estimate of drug-likeness (QED) is 0.589. The summed E-state index contributed by atoms with van der Waals surface area (Å²) in [7, 11) is 0. The van der Waals surface area contributed by atoms with Crippen LogP contribution >= 0.6 is 11.6 Å². The topological polar surface area (TPSA) is 69.4 Å². The number of carbonyl (C=O) groups is 1. The molecule has 0 radical (unpaired) electrons. The molecule has 0 heterocycles. The van der Waals surface area contributed by atoms with Gasteiger partial charge in [-0.25, -0.2) is 0 Å². The van der Waals surface area contributed by atoms with E-state index in [1.165, 1.54) is 18.2 Å². The molecule has 1 aromatic rings. The summed E-state index contributed by atoms with van der Waals surface area (Å²) in [6.45, 7) is 1.51. The number of ketones is 1. The molecule has 86 valence electrons. The van der Waals surface area contributed by atoms with Crippen LogP contribution in [-0.2, 0) is 4.79 Å². The fourth-order valence-electron chi connectivity index (χ4n) is 1.01. The fourth-order valence-corrected chi connectivity index (χ4v) is 1.18. The molecule has 0 fully saturated rings. The molecule has 0 saturated heterocycles. The van der Waals surface area contributed by atoms with Crippen LogP contribution in [0, 0.1) is 10.1 Å². The van der Waals surface area contributed by atoms with E-state index in [-0.39, 0.29) is 23.8 Å². The molecule has 16 heavy (non-hydrogen) atoms. The lowest BCUT2D eigenvalue weighted by atomic mass is 10.3. The molecule has 1 rings (SSSR count). The molecule has 0 amide bonds. The number of nitro benzene ring substituents is 1. The van der Waals surface area contributed by atoms with Gasteiger partial charge in [-0.3, -0.25) is 14.9 Å². The summed E-state index contributed by atoms with van der Waals surface area (Å²) in [5.41, 5.74) is -0.201. The predicted octanol–water partition coefficient (Wildman–Crippen LogP) is 2.61. The molecular formula is C10H10ClNO4. The third kappa shape index (κ3) is 3.20. The zero-order valence-corrected chi connectivity index (χ0v) is 9.36. The van der Waals surface area contributed by atoms with Crippen molar-refractivity contribution in [3.8, 4) is 5.75 Å². The van der Waals surface area contributed by atoms with Crippen LogP contribution in [0.3, 0.4) is 0 Å². The van der Waals surface area contributed by atoms with Crippen LogP contribution in [-0.4, -0.2) is 17.3 Å². The predicted molar refractivity (Wildman–Crippen MR) is 58.9 cm³/mol. The summed E-state index contributed by atoms with van der Waals surface area (Å²) in [6, 6.07) is 3.96. The number of nitro groups is 1. The lowest BCUT2D eigenvalue weighted by molar-refractivity contribution is -0.385. The Balaban J connectivity index is 2.88. The first-order valence-corrected chi connectivity index (χ1v) is 5.00. The number of halogens is 1. The van der Waals surface area contributed by atoms with Gasteiger partial charge >= 0.3 is 5.69 Å². The van der Waals surface area contributed by atoms with Crippen molar-refractivity contribution in [3.63, 3.8) is 0 Å². The van der Waals surface area contributed by atoms with Crippen LogP contribution in [0.25, 0.3) is 0 Å². The highest BCUT2D eigenvalue weighted by molar-refractivity contribution is 6.30. The highest BCUT2D eigenvalue weighted by Crippen LogP contribution is 2.29. The van der Waals surface area contributed by atoms with Crippen LogP contribution in [0.1, 0.15) is 13.3 Å². The highest BCUT2D eigenvalue weighted by Gasteiger charge is 2.15. The molecule has 0 N–H and O–H groups in total. The normalized spacial score (nSPS) is 9.88. The molecule has 0 aliphatic heterocycles. The van der Waals surface area contributed by atoms with E-state index in [0.717, 1.165) is 0 Å². The van der Waals surface area contributed by atoms with E-state index in [1.54, 1.807) is 6.92 Å². The maximum absolute atomic E-state index is 11.0. The first kappa shape index (κ1) is 12.4. The van der Waals surface area contributed by atoms with Gasteiger partial charge in [-0.2, -0.15) is 0 Å². The van der Waals surface area contributed by atoms with Gasteiger partial charge in [0.25, 0.3) is 0 Å². The van der Waals surface area contributed by atoms with E-state index in [9.17, 15) is 14.9 Å². The number of benzene rings is 1. The Hall–Kier alpha value is -1.62. The molecule has 0 aliphatic rings. The average Bonchev–Trinajstić information content (AvgIpc) is 2.25. The van der Waals surface area contributed by atoms with E-state index in [1.807, 2.05) is 0 Å². The van der Waals surface area contributed by atoms with Gasteiger partial charge in [-0.1, -0.05) is 18.5 Å². The van der Waals surface area contributed by atoms with E-state index < -0.39 is 4.92 Å². The Morgan fingerprint density at radius 1 is 1.56 bits per heavy atom. The minimum atomic E-state index is -0.581. The number of Topliss-reactive ketones (excluding diaryl/α,β-unsaturated/α-hetero) is 1. The van der Waals surface area contributed by atoms with Crippen LogP contribution in [0.5, 0.6) is 5.75 Å². The van der Waals surface area contributed by atoms with Crippen LogP contribution in [0.2, 0.25) is 5.02 Å². The second-order valence-electron chi connectivity index (χ2n) is 3.05. The van der Waals surface area contributed by atoms with Gasteiger partial charge in [0.2, 0.25) is 0 Å². The lowest BCUT2D eigenvalue weighted by Crippen LogP contribution is -2.10. The van der Waals surface area contributed by atoms with E-state index in [0.29, 0.717) is 11.4 Å². The molecule has 0 aliphatic carbocycles. The Morgan fingerprint density at radius 3 is 2.81 bits per heavy atom. The largest absolute Gasteiger partial charge is 0.479 e. The van der Waals surface area contributed by atoms with Gasteiger partial charge in [0, 0.05) is 23.6 Å². The number of nitrogens with zero attached hydrogens (tertiary/aromatic N) is 1. The zero-order chi connectivity index (χ0) is 12.1. The SMILES string of the molecule is CCC(=O)COc1cc(Cl)ccc1[N+](=O)[O-]. The maximum Gasteiger partial charge on any atom is 0.311 e. The summed E-state index contributed by atoms with van der Waals surface area (Å²) in [4.78, 5) is 21.1. The molecule has 6 heteroatoms. The van der Waals surface area contributed by atoms with Crippen molar-refractivity contribution in [2.75, 3.05) is 6.61 Å².